The molecule has 0 radical (unpaired) electrons. The van der Waals surface area contributed by atoms with Crippen molar-refractivity contribution in [3.63, 3.8) is 0 Å². The highest BCUT2D eigenvalue weighted by atomic mass is 19.1. The molecule has 1 N–H and O–H groups in total. The molecular weight excluding hydrogens is 506 g/mol. The molecule has 0 atom stereocenters. The quantitative estimate of drug-likeness (QED) is 0.319. The third-order valence-corrected chi connectivity index (χ3v) is 7.49. The molecule has 39 heavy (non-hydrogen) atoms. The van der Waals surface area contributed by atoms with E-state index in [1.54, 1.807) is 25.1 Å². The molecule has 0 aromatic heterocycles. The Morgan fingerprint density at radius 2 is 1.69 bits per heavy atom. The van der Waals surface area contributed by atoms with Gasteiger partial charge in [-0.3, -0.25) is 9.29 Å². The fourth-order valence-corrected chi connectivity index (χ4v) is 5.62. The molecule has 1 aliphatic heterocycles. The maximum atomic E-state index is 15.5. The average Bonchev–Trinajstić information content (AvgIpc) is 3.05. The maximum Gasteiger partial charge on any atom is 0.335 e. The number of fused-ring (bicyclic) bond motifs is 1. The van der Waals surface area contributed by atoms with Gasteiger partial charge in [0.2, 0.25) is 0 Å². The molecule has 1 saturated heterocycles. The van der Waals surface area contributed by atoms with E-state index >= 15 is 8.78 Å². The van der Waals surface area contributed by atoms with Crippen LogP contribution >= 0.6 is 0 Å². The molecule has 0 spiro atoms. The number of alkyl halides is 1. The molecular formula is C32H29F4NO2. The Bertz CT molecular complexity index is 1480. The van der Waals surface area contributed by atoms with Crippen LogP contribution in [0.2, 0.25) is 0 Å². The van der Waals surface area contributed by atoms with Crippen molar-refractivity contribution in [2.24, 2.45) is 0 Å². The first-order chi connectivity index (χ1) is 18.7. The number of allylic oxidation sites excluding steroid dienone is 1. The molecule has 3 nitrogen and oxygen atoms in total. The van der Waals surface area contributed by atoms with Gasteiger partial charge >= 0.3 is 5.97 Å². The van der Waals surface area contributed by atoms with E-state index in [0.717, 1.165) is 22.3 Å². The lowest BCUT2D eigenvalue weighted by molar-refractivity contribution is 0.0696. The maximum absolute atomic E-state index is 15.5. The number of aromatic carboxylic acids is 1. The Morgan fingerprint density at radius 1 is 0.974 bits per heavy atom. The number of carboxylic acid groups (broad SMARTS) is 1. The standard InChI is InChI=1S/C32H29F4NO2/c1-19-12-24(34)7-9-25(19)27-5-2-4-21-14-22(32(38)39)6-8-26(21)31(27)23-15-29(35)28(30(36)16-23)13-20-17-37(18-20)11-3-10-33/h6-9,12-16H,2-5,10-11,17-18H2,1H3,(H,38,39). The third kappa shape index (κ3) is 5.55. The van der Waals surface area contributed by atoms with Crippen LogP contribution in [0.3, 0.4) is 0 Å². The molecule has 202 valence electrons. The summed E-state index contributed by atoms with van der Waals surface area (Å²) in [4.78, 5) is 13.7. The summed E-state index contributed by atoms with van der Waals surface area (Å²) in [6.45, 7) is 3.13. The summed E-state index contributed by atoms with van der Waals surface area (Å²) in [5.41, 5.74) is 5.70. The minimum absolute atomic E-state index is 0.117. The zero-order valence-electron chi connectivity index (χ0n) is 21.7. The average molecular weight is 536 g/mol. The number of hydrogen-bond acceptors (Lipinski definition) is 2. The highest BCUT2D eigenvalue weighted by molar-refractivity contribution is 6.01. The second-order valence-electron chi connectivity index (χ2n) is 10.3. The Labute approximate surface area is 225 Å². The summed E-state index contributed by atoms with van der Waals surface area (Å²) in [5, 5.41) is 9.52. The van der Waals surface area contributed by atoms with Crippen LogP contribution < -0.4 is 0 Å². The number of carbonyl (C=O) groups is 1. The molecule has 0 amide bonds. The lowest BCUT2D eigenvalue weighted by Gasteiger charge is -2.33. The smallest absolute Gasteiger partial charge is 0.335 e. The fourth-order valence-electron chi connectivity index (χ4n) is 5.62. The van der Waals surface area contributed by atoms with E-state index in [9.17, 15) is 18.7 Å². The predicted octanol–water partition coefficient (Wildman–Crippen LogP) is 7.46. The van der Waals surface area contributed by atoms with Crippen molar-refractivity contribution in [1.82, 2.24) is 4.90 Å². The number of aryl methyl sites for hydroxylation is 2. The summed E-state index contributed by atoms with van der Waals surface area (Å²) in [6.07, 6.45) is 3.82. The largest absolute Gasteiger partial charge is 0.478 e. The lowest BCUT2D eigenvalue weighted by Crippen LogP contribution is -2.40. The van der Waals surface area contributed by atoms with Gasteiger partial charge in [-0.2, -0.15) is 0 Å². The van der Waals surface area contributed by atoms with Crippen LogP contribution in [0.15, 0.2) is 54.1 Å². The molecule has 5 rings (SSSR count). The fraction of sp³-hybridized carbons (Fsp3) is 0.281. The van der Waals surface area contributed by atoms with E-state index in [-0.39, 0.29) is 16.9 Å². The summed E-state index contributed by atoms with van der Waals surface area (Å²) < 4.78 is 57.4. The van der Waals surface area contributed by atoms with E-state index < -0.39 is 24.3 Å². The van der Waals surface area contributed by atoms with E-state index in [0.29, 0.717) is 67.6 Å². The van der Waals surface area contributed by atoms with Crippen LogP contribution in [-0.4, -0.2) is 42.3 Å². The number of rotatable bonds is 7. The monoisotopic (exact) mass is 535 g/mol. The highest BCUT2D eigenvalue weighted by Crippen LogP contribution is 2.42. The van der Waals surface area contributed by atoms with Gasteiger partial charge in [0.25, 0.3) is 0 Å². The second kappa shape index (κ2) is 11.2. The summed E-state index contributed by atoms with van der Waals surface area (Å²) in [6, 6.07) is 12.0. The van der Waals surface area contributed by atoms with Gasteiger partial charge < -0.3 is 5.11 Å². The normalized spacial score (nSPS) is 15.6. The Kier molecular flexibility index (Phi) is 7.71. The number of hydrogen-bond donors (Lipinski definition) is 1. The molecule has 7 heteroatoms. The van der Waals surface area contributed by atoms with E-state index in [1.165, 1.54) is 36.4 Å². The van der Waals surface area contributed by atoms with Crippen molar-refractivity contribution in [3.8, 4) is 0 Å². The first kappa shape index (κ1) is 26.9. The Balaban J connectivity index is 1.63. The van der Waals surface area contributed by atoms with Gasteiger partial charge in [-0.25, -0.2) is 18.0 Å². The van der Waals surface area contributed by atoms with Gasteiger partial charge in [-0.1, -0.05) is 12.1 Å². The van der Waals surface area contributed by atoms with Crippen LogP contribution in [0.4, 0.5) is 17.6 Å². The van der Waals surface area contributed by atoms with Gasteiger partial charge in [-0.05, 0) is 120 Å². The summed E-state index contributed by atoms with van der Waals surface area (Å²) >= 11 is 0. The third-order valence-electron chi connectivity index (χ3n) is 7.49. The van der Waals surface area contributed by atoms with Gasteiger partial charge in [0.15, 0.2) is 0 Å². The van der Waals surface area contributed by atoms with Gasteiger partial charge in [0.1, 0.15) is 17.5 Å². The zero-order valence-corrected chi connectivity index (χ0v) is 21.7. The van der Waals surface area contributed by atoms with E-state index in [2.05, 4.69) is 0 Å². The minimum Gasteiger partial charge on any atom is -0.478 e. The molecule has 1 fully saturated rings. The van der Waals surface area contributed by atoms with Crippen LogP contribution in [-0.2, 0) is 6.42 Å². The molecule has 1 heterocycles. The first-order valence-corrected chi connectivity index (χ1v) is 13.1. The number of nitrogens with zero attached hydrogens (tertiary/aromatic N) is 1. The van der Waals surface area contributed by atoms with Crippen molar-refractivity contribution in [1.29, 1.82) is 0 Å². The second-order valence-corrected chi connectivity index (χ2v) is 10.3. The number of carboxylic acids is 1. The van der Waals surface area contributed by atoms with Crippen molar-refractivity contribution in [2.45, 2.75) is 32.6 Å². The highest BCUT2D eigenvalue weighted by Gasteiger charge is 2.25. The van der Waals surface area contributed by atoms with Crippen molar-refractivity contribution in [2.75, 3.05) is 26.3 Å². The predicted molar refractivity (Wildman–Crippen MR) is 145 cm³/mol. The summed E-state index contributed by atoms with van der Waals surface area (Å²) in [7, 11) is 0. The first-order valence-electron chi connectivity index (χ1n) is 13.1. The zero-order chi connectivity index (χ0) is 27.7. The van der Waals surface area contributed by atoms with Gasteiger partial charge in [0, 0.05) is 25.2 Å². The van der Waals surface area contributed by atoms with Crippen molar-refractivity contribution < 1.29 is 27.5 Å². The van der Waals surface area contributed by atoms with Crippen molar-refractivity contribution >= 4 is 23.2 Å². The topological polar surface area (TPSA) is 40.5 Å². The molecule has 0 unspecified atom stereocenters. The van der Waals surface area contributed by atoms with E-state index in [1.807, 2.05) is 4.90 Å². The SMILES string of the molecule is Cc1cc(F)ccc1C1=C(c2cc(F)c(C=C3CN(CCCF)C3)c(F)c2)c2ccc(C(=O)O)cc2CCC1. The van der Waals surface area contributed by atoms with Crippen LogP contribution in [0.1, 0.15) is 63.0 Å². The molecule has 1 aliphatic carbocycles. The Morgan fingerprint density at radius 3 is 2.36 bits per heavy atom. The Hall–Kier alpha value is -3.71. The van der Waals surface area contributed by atoms with Crippen LogP contribution in [0.25, 0.3) is 17.2 Å². The number of likely N-dealkylation sites (tertiary alicyclic amines) is 1. The molecule has 3 aromatic carbocycles. The number of halogens is 4. The molecule has 0 saturated carbocycles. The number of benzene rings is 3. The molecule has 3 aromatic rings. The minimum atomic E-state index is -1.05. The van der Waals surface area contributed by atoms with Crippen molar-refractivity contribution in [3.05, 3.63) is 110 Å². The molecule has 2 aliphatic rings. The van der Waals surface area contributed by atoms with E-state index in [4.69, 9.17) is 0 Å². The van der Waals surface area contributed by atoms with Gasteiger partial charge in [0.05, 0.1) is 12.2 Å². The van der Waals surface area contributed by atoms with Crippen LogP contribution in [0, 0.1) is 24.4 Å². The molecule has 0 bridgehead atoms. The summed E-state index contributed by atoms with van der Waals surface area (Å²) in [5.74, 6) is -2.81. The van der Waals surface area contributed by atoms with Gasteiger partial charge in [-0.15, -0.1) is 0 Å². The van der Waals surface area contributed by atoms with Crippen LogP contribution in [0.5, 0.6) is 0 Å². The lowest BCUT2D eigenvalue weighted by atomic mass is 9.85.